The molecule has 2 aromatic rings. The van der Waals surface area contributed by atoms with Crippen molar-refractivity contribution in [1.29, 1.82) is 0 Å². The van der Waals surface area contributed by atoms with Gasteiger partial charge in [0, 0.05) is 17.9 Å². The highest BCUT2D eigenvalue weighted by Gasteiger charge is 2.16. The predicted octanol–water partition coefficient (Wildman–Crippen LogP) is 3.99. The Hall–Kier alpha value is -2.66. The number of rotatable bonds is 4. The van der Waals surface area contributed by atoms with Crippen molar-refractivity contribution in [2.45, 2.75) is 39.7 Å². The lowest BCUT2D eigenvalue weighted by molar-refractivity contribution is 0.0975. The van der Waals surface area contributed by atoms with Gasteiger partial charge < -0.3 is 10.1 Å². The first-order valence-corrected chi connectivity index (χ1v) is 9.39. The molecule has 2 N–H and O–H groups in total. The Kier molecular flexibility index (Phi) is 6.24. The molecule has 27 heavy (non-hydrogen) atoms. The third kappa shape index (κ3) is 5.66. The van der Waals surface area contributed by atoms with Crippen LogP contribution < -0.4 is 10.6 Å². The number of hydrogen-bond acceptors (Lipinski definition) is 3. The molecule has 0 bridgehead atoms. The summed E-state index contributed by atoms with van der Waals surface area (Å²) in [5.41, 5.74) is 4.93. The van der Waals surface area contributed by atoms with E-state index in [1.807, 2.05) is 57.2 Å². The number of carbonyl (C=O) groups excluding carboxylic acids is 1. The minimum absolute atomic E-state index is 0.123. The summed E-state index contributed by atoms with van der Waals surface area (Å²) >= 11 is 0. The molecule has 5 nitrogen and oxygen atoms in total. The molecule has 2 aromatic carbocycles. The third-order valence-electron chi connectivity index (χ3n) is 4.51. The van der Waals surface area contributed by atoms with Gasteiger partial charge in [0.05, 0.1) is 12.6 Å². The van der Waals surface area contributed by atoms with E-state index in [-0.39, 0.29) is 12.0 Å². The van der Waals surface area contributed by atoms with Gasteiger partial charge in [-0.2, -0.15) is 0 Å². The summed E-state index contributed by atoms with van der Waals surface area (Å²) in [6.45, 7) is 7.41. The first-order valence-electron chi connectivity index (χ1n) is 9.39. The molecule has 142 valence electrons. The van der Waals surface area contributed by atoms with Crippen molar-refractivity contribution in [2.75, 3.05) is 18.5 Å². The number of aryl methyl sites for hydroxylation is 3. The van der Waals surface area contributed by atoms with Gasteiger partial charge in [-0.05, 0) is 69.0 Å². The van der Waals surface area contributed by atoms with Crippen LogP contribution in [0.3, 0.4) is 0 Å². The second kappa shape index (κ2) is 8.82. The van der Waals surface area contributed by atoms with Crippen LogP contribution in [0.15, 0.2) is 47.5 Å². The highest BCUT2D eigenvalue weighted by molar-refractivity contribution is 6.10. The van der Waals surface area contributed by atoms with Crippen LogP contribution in [0.5, 0.6) is 0 Å². The lowest BCUT2D eigenvalue weighted by atomic mass is 10.1. The summed E-state index contributed by atoms with van der Waals surface area (Å²) < 4.78 is 5.65. The molecule has 0 saturated carbocycles. The molecule has 1 amide bonds. The summed E-state index contributed by atoms with van der Waals surface area (Å²) in [5, 5.41) is 6.17. The van der Waals surface area contributed by atoms with Crippen LogP contribution in [0.2, 0.25) is 0 Å². The van der Waals surface area contributed by atoms with Crippen molar-refractivity contribution < 1.29 is 9.53 Å². The van der Waals surface area contributed by atoms with Crippen LogP contribution in [0.25, 0.3) is 0 Å². The zero-order valence-electron chi connectivity index (χ0n) is 16.2. The number of guanidine groups is 1. The van der Waals surface area contributed by atoms with Crippen LogP contribution in [0.4, 0.5) is 5.69 Å². The molecule has 0 spiro atoms. The average Bonchev–Trinajstić information content (AvgIpc) is 3.13. The van der Waals surface area contributed by atoms with E-state index in [4.69, 9.17) is 4.74 Å². The SMILES string of the molecule is Cc1ccc(C(=O)NC(=NC[C@H]2CCCO2)Nc2cc(C)cc(C)c2)cc1. The lowest BCUT2D eigenvalue weighted by Crippen LogP contribution is -2.36. The number of hydrogen-bond donors (Lipinski definition) is 2. The van der Waals surface area contributed by atoms with Gasteiger partial charge in [0.2, 0.25) is 5.96 Å². The molecule has 0 unspecified atom stereocenters. The monoisotopic (exact) mass is 365 g/mol. The minimum Gasteiger partial charge on any atom is -0.376 e. The smallest absolute Gasteiger partial charge is 0.257 e. The summed E-state index contributed by atoms with van der Waals surface area (Å²) in [6, 6.07) is 13.7. The fourth-order valence-corrected chi connectivity index (χ4v) is 3.16. The molecule has 1 heterocycles. The van der Waals surface area contributed by atoms with Gasteiger partial charge in [-0.1, -0.05) is 23.8 Å². The second-order valence-electron chi connectivity index (χ2n) is 7.15. The van der Waals surface area contributed by atoms with E-state index in [0.717, 1.165) is 41.8 Å². The Morgan fingerprint density at radius 2 is 1.78 bits per heavy atom. The maximum atomic E-state index is 12.6. The van der Waals surface area contributed by atoms with Crippen LogP contribution >= 0.6 is 0 Å². The first-order chi connectivity index (χ1) is 13.0. The van der Waals surface area contributed by atoms with Crippen molar-refractivity contribution in [3.05, 3.63) is 64.7 Å². The van der Waals surface area contributed by atoms with Crippen molar-refractivity contribution >= 4 is 17.6 Å². The molecule has 0 aliphatic carbocycles. The molecule has 1 atom stereocenters. The van der Waals surface area contributed by atoms with Gasteiger partial charge in [0.15, 0.2) is 0 Å². The molecule has 0 aromatic heterocycles. The predicted molar refractivity (Wildman–Crippen MR) is 109 cm³/mol. The summed E-state index contributed by atoms with van der Waals surface area (Å²) in [4.78, 5) is 17.2. The van der Waals surface area contributed by atoms with Crippen molar-refractivity contribution in [2.24, 2.45) is 4.99 Å². The number of carbonyl (C=O) groups is 1. The molecular weight excluding hydrogens is 338 g/mol. The van der Waals surface area contributed by atoms with E-state index in [2.05, 4.69) is 21.7 Å². The molecular formula is C22H27N3O2. The van der Waals surface area contributed by atoms with E-state index in [1.54, 1.807) is 0 Å². The van der Waals surface area contributed by atoms with Crippen LogP contribution in [0, 0.1) is 20.8 Å². The molecule has 1 aliphatic rings. The normalized spacial score (nSPS) is 17.0. The summed E-state index contributed by atoms with van der Waals surface area (Å²) in [6.07, 6.45) is 2.19. The van der Waals surface area contributed by atoms with Crippen LogP contribution in [-0.2, 0) is 4.74 Å². The summed E-state index contributed by atoms with van der Waals surface area (Å²) in [5.74, 6) is 0.263. The number of aliphatic imine (C=N–C) groups is 1. The van der Waals surface area contributed by atoms with Crippen molar-refractivity contribution in [1.82, 2.24) is 5.32 Å². The maximum Gasteiger partial charge on any atom is 0.257 e. The molecule has 5 heteroatoms. The number of ether oxygens (including phenoxy) is 1. The van der Waals surface area contributed by atoms with E-state index in [1.165, 1.54) is 0 Å². The fourth-order valence-electron chi connectivity index (χ4n) is 3.16. The summed E-state index contributed by atoms with van der Waals surface area (Å²) in [7, 11) is 0. The Morgan fingerprint density at radius 1 is 1.07 bits per heavy atom. The number of anilines is 1. The number of amides is 1. The van der Waals surface area contributed by atoms with Crippen LogP contribution in [-0.4, -0.2) is 31.1 Å². The Balaban J connectivity index is 1.76. The van der Waals surface area contributed by atoms with E-state index < -0.39 is 0 Å². The zero-order chi connectivity index (χ0) is 19.2. The Morgan fingerprint density at radius 3 is 2.41 bits per heavy atom. The average molecular weight is 365 g/mol. The quantitative estimate of drug-likeness (QED) is 0.636. The minimum atomic E-state index is -0.182. The first kappa shape index (κ1) is 19.1. The van der Waals surface area contributed by atoms with Gasteiger partial charge in [-0.3, -0.25) is 10.1 Å². The standard InChI is InChI=1S/C22H27N3O2/c1-15-6-8-18(9-7-15)21(26)25-22(23-14-20-5-4-10-27-20)24-19-12-16(2)11-17(3)13-19/h6-9,11-13,20H,4-5,10,14H2,1-3H3,(H2,23,24,25,26)/t20-/m1/s1. The van der Waals surface area contributed by atoms with Gasteiger partial charge in [-0.15, -0.1) is 0 Å². The highest BCUT2D eigenvalue weighted by Crippen LogP contribution is 2.15. The van der Waals surface area contributed by atoms with Gasteiger partial charge >= 0.3 is 0 Å². The lowest BCUT2D eigenvalue weighted by Gasteiger charge is -2.14. The molecule has 1 fully saturated rings. The Labute approximate surface area is 160 Å². The number of nitrogens with zero attached hydrogens (tertiary/aromatic N) is 1. The Bertz CT molecular complexity index is 802. The van der Waals surface area contributed by atoms with Crippen molar-refractivity contribution in [3.63, 3.8) is 0 Å². The number of nitrogens with one attached hydrogen (secondary N) is 2. The van der Waals surface area contributed by atoms with E-state index >= 15 is 0 Å². The largest absolute Gasteiger partial charge is 0.376 e. The molecule has 1 aliphatic heterocycles. The van der Waals surface area contributed by atoms with Gasteiger partial charge in [-0.25, -0.2) is 4.99 Å². The maximum absolute atomic E-state index is 12.6. The van der Waals surface area contributed by atoms with Crippen molar-refractivity contribution in [3.8, 4) is 0 Å². The zero-order valence-corrected chi connectivity index (χ0v) is 16.2. The van der Waals surface area contributed by atoms with E-state index in [0.29, 0.717) is 18.1 Å². The van der Waals surface area contributed by atoms with Crippen LogP contribution in [0.1, 0.15) is 39.9 Å². The highest BCUT2D eigenvalue weighted by atomic mass is 16.5. The third-order valence-corrected chi connectivity index (χ3v) is 4.51. The van der Waals surface area contributed by atoms with Gasteiger partial charge in [0.1, 0.15) is 0 Å². The van der Waals surface area contributed by atoms with Gasteiger partial charge in [0.25, 0.3) is 5.91 Å². The second-order valence-corrected chi connectivity index (χ2v) is 7.15. The molecule has 3 rings (SSSR count). The fraction of sp³-hybridized carbons (Fsp3) is 0.364. The molecule has 1 saturated heterocycles. The topological polar surface area (TPSA) is 62.7 Å². The van der Waals surface area contributed by atoms with E-state index in [9.17, 15) is 4.79 Å². The molecule has 0 radical (unpaired) electrons. The number of benzene rings is 2.